The van der Waals surface area contributed by atoms with E-state index in [0.717, 1.165) is 4.47 Å². The molecule has 0 amide bonds. The molecule has 0 radical (unpaired) electrons. The first-order valence-corrected chi connectivity index (χ1v) is 5.79. The fraction of sp³-hybridized carbons (Fsp3) is 0.417. The molecule has 1 atom stereocenters. The van der Waals surface area contributed by atoms with Crippen molar-refractivity contribution in [2.45, 2.75) is 19.8 Å². The van der Waals surface area contributed by atoms with Crippen LogP contribution in [0.2, 0.25) is 0 Å². The lowest BCUT2D eigenvalue weighted by Gasteiger charge is -2.19. The molecule has 1 aromatic carbocycles. The first kappa shape index (κ1) is 13.2. The van der Waals surface area contributed by atoms with Gasteiger partial charge in [-0.2, -0.15) is 0 Å². The Bertz CT molecular complexity index is 391. The minimum Gasteiger partial charge on any atom is -0.469 e. The Kier molecular flexibility index (Phi) is 4.47. The van der Waals surface area contributed by atoms with Crippen molar-refractivity contribution in [3.05, 3.63) is 34.1 Å². The van der Waals surface area contributed by atoms with E-state index in [1.165, 1.54) is 13.2 Å². The fourth-order valence-corrected chi connectivity index (χ4v) is 2.02. The van der Waals surface area contributed by atoms with Crippen LogP contribution in [0.15, 0.2) is 22.7 Å². The molecule has 1 rings (SSSR count). The van der Waals surface area contributed by atoms with Crippen LogP contribution in [0.4, 0.5) is 4.39 Å². The second-order valence-electron chi connectivity index (χ2n) is 3.91. The molecule has 16 heavy (non-hydrogen) atoms. The average molecular weight is 289 g/mol. The Morgan fingerprint density at radius 1 is 1.44 bits per heavy atom. The third-order valence-corrected chi connectivity index (χ3v) is 2.91. The van der Waals surface area contributed by atoms with Gasteiger partial charge in [0.2, 0.25) is 0 Å². The minimum absolute atomic E-state index is 0.0174. The number of carbonyl (C=O) groups excluding carboxylic acids is 1. The molecule has 4 heteroatoms. The fourth-order valence-electron chi connectivity index (χ4n) is 1.64. The van der Waals surface area contributed by atoms with Gasteiger partial charge in [-0.15, -0.1) is 0 Å². The van der Waals surface area contributed by atoms with Gasteiger partial charge in [0, 0.05) is 10.0 Å². The van der Waals surface area contributed by atoms with E-state index in [1.54, 1.807) is 12.1 Å². The summed E-state index contributed by atoms with van der Waals surface area (Å²) in [6.45, 7) is 3.73. The quantitative estimate of drug-likeness (QED) is 0.796. The molecule has 1 unspecified atom stereocenters. The van der Waals surface area contributed by atoms with Crippen molar-refractivity contribution in [1.82, 2.24) is 0 Å². The van der Waals surface area contributed by atoms with E-state index in [0.29, 0.717) is 5.56 Å². The van der Waals surface area contributed by atoms with E-state index < -0.39 is 11.9 Å². The van der Waals surface area contributed by atoms with Crippen LogP contribution < -0.4 is 0 Å². The molecule has 0 aliphatic carbocycles. The number of methoxy groups -OCH3 is 1. The Labute approximate surface area is 103 Å². The van der Waals surface area contributed by atoms with Gasteiger partial charge >= 0.3 is 5.97 Å². The van der Waals surface area contributed by atoms with Crippen molar-refractivity contribution in [3.8, 4) is 0 Å². The molecule has 88 valence electrons. The van der Waals surface area contributed by atoms with Crippen molar-refractivity contribution in [1.29, 1.82) is 0 Å². The van der Waals surface area contributed by atoms with Crippen molar-refractivity contribution >= 4 is 21.9 Å². The normalized spacial score (nSPS) is 12.6. The Hall–Kier alpha value is -0.900. The molecule has 2 nitrogen and oxygen atoms in total. The summed E-state index contributed by atoms with van der Waals surface area (Å²) in [7, 11) is 1.31. The highest BCUT2D eigenvalue weighted by Crippen LogP contribution is 2.30. The standard InChI is InChI=1S/C12H14BrFO2/c1-7(2)11(12(15)16-3)9-6-8(13)4-5-10(9)14/h4-7,11H,1-3H3. The molecular weight excluding hydrogens is 275 g/mol. The van der Waals surface area contributed by atoms with E-state index in [1.807, 2.05) is 13.8 Å². The second kappa shape index (κ2) is 5.43. The van der Waals surface area contributed by atoms with Crippen LogP contribution >= 0.6 is 15.9 Å². The smallest absolute Gasteiger partial charge is 0.313 e. The molecule has 0 spiro atoms. The highest BCUT2D eigenvalue weighted by atomic mass is 79.9. The van der Waals surface area contributed by atoms with Crippen LogP contribution in [0, 0.1) is 11.7 Å². The van der Waals surface area contributed by atoms with E-state index in [-0.39, 0.29) is 11.7 Å². The molecular formula is C12H14BrFO2. The number of esters is 1. The Morgan fingerprint density at radius 2 is 2.06 bits per heavy atom. The van der Waals surface area contributed by atoms with Gasteiger partial charge < -0.3 is 4.74 Å². The summed E-state index contributed by atoms with van der Waals surface area (Å²) in [6.07, 6.45) is 0. The van der Waals surface area contributed by atoms with E-state index in [9.17, 15) is 9.18 Å². The average Bonchev–Trinajstić information content (AvgIpc) is 2.22. The molecule has 0 N–H and O–H groups in total. The maximum atomic E-state index is 13.6. The predicted octanol–water partition coefficient (Wildman–Crippen LogP) is 3.50. The van der Waals surface area contributed by atoms with E-state index in [4.69, 9.17) is 4.74 Å². The maximum Gasteiger partial charge on any atom is 0.313 e. The van der Waals surface area contributed by atoms with Gasteiger partial charge in [0.05, 0.1) is 13.0 Å². The summed E-state index contributed by atoms with van der Waals surface area (Å²) >= 11 is 3.27. The molecule has 0 saturated carbocycles. The van der Waals surface area contributed by atoms with Gasteiger partial charge in [-0.1, -0.05) is 29.8 Å². The van der Waals surface area contributed by atoms with Gasteiger partial charge in [0.25, 0.3) is 0 Å². The van der Waals surface area contributed by atoms with Crippen LogP contribution in [-0.4, -0.2) is 13.1 Å². The van der Waals surface area contributed by atoms with Crippen molar-refractivity contribution in [2.24, 2.45) is 5.92 Å². The largest absolute Gasteiger partial charge is 0.469 e. The zero-order valence-electron chi connectivity index (χ0n) is 9.46. The van der Waals surface area contributed by atoms with Crippen LogP contribution in [0.1, 0.15) is 25.3 Å². The molecule has 0 saturated heterocycles. The number of hydrogen-bond donors (Lipinski definition) is 0. The maximum absolute atomic E-state index is 13.6. The zero-order chi connectivity index (χ0) is 12.3. The number of benzene rings is 1. The second-order valence-corrected chi connectivity index (χ2v) is 4.83. The summed E-state index contributed by atoms with van der Waals surface area (Å²) in [5.41, 5.74) is 0.372. The third kappa shape index (κ3) is 2.82. The SMILES string of the molecule is COC(=O)C(c1cc(Br)ccc1F)C(C)C. The molecule has 1 aromatic rings. The van der Waals surface area contributed by atoms with Crippen molar-refractivity contribution < 1.29 is 13.9 Å². The first-order chi connectivity index (χ1) is 7.47. The highest BCUT2D eigenvalue weighted by molar-refractivity contribution is 9.10. The van der Waals surface area contributed by atoms with Gasteiger partial charge in [-0.05, 0) is 24.1 Å². The van der Waals surface area contributed by atoms with Crippen molar-refractivity contribution in [2.75, 3.05) is 7.11 Å². The number of halogens is 2. The lowest BCUT2D eigenvalue weighted by atomic mass is 9.88. The van der Waals surface area contributed by atoms with Crippen LogP contribution in [0.3, 0.4) is 0 Å². The summed E-state index contributed by atoms with van der Waals surface area (Å²) in [4.78, 5) is 11.6. The van der Waals surface area contributed by atoms with Crippen LogP contribution in [-0.2, 0) is 9.53 Å². The molecule has 0 bridgehead atoms. The highest BCUT2D eigenvalue weighted by Gasteiger charge is 2.27. The van der Waals surface area contributed by atoms with Gasteiger partial charge in [0.1, 0.15) is 5.82 Å². The van der Waals surface area contributed by atoms with Gasteiger partial charge in [0.15, 0.2) is 0 Å². The summed E-state index contributed by atoms with van der Waals surface area (Å²) in [5.74, 6) is -1.38. The first-order valence-electron chi connectivity index (χ1n) is 5.00. The molecule has 0 heterocycles. The lowest BCUT2D eigenvalue weighted by molar-refractivity contribution is -0.143. The number of ether oxygens (including phenoxy) is 1. The predicted molar refractivity (Wildman–Crippen MR) is 63.7 cm³/mol. The summed E-state index contributed by atoms with van der Waals surface area (Å²) < 4.78 is 19.1. The monoisotopic (exact) mass is 288 g/mol. The molecule has 0 aliphatic rings. The minimum atomic E-state index is -0.567. The van der Waals surface area contributed by atoms with Gasteiger partial charge in [-0.25, -0.2) is 4.39 Å². The Balaban J connectivity index is 3.20. The number of rotatable bonds is 3. The van der Waals surface area contributed by atoms with Crippen molar-refractivity contribution in [3.63, 3.8) is 0 Å². The van der Waals surface area contributed by atoms with E-state index >= 15 is 0 Å². The zero-order valence-corrected chi connectivity index (χ0v) is 11.0. The molecule has 0 aliphatic heterocycles. The number of carbonyl (C=O) groups is 1. The molecule has 0 fully saturated rings. The van der Waals surface area contributed by atoms with Crippen LogP contribution in [0.5, 0.6) is 0 Å². The van der Waals surface area contributed by atoms with E-state index in [2.05, 4.69) is 15.9 Å². The van der Waals surface area contributed by atoms with Crippen LogP contribution in [0.25, 0.3) is 0 Å². The summed E-state index contributed by atoms with van der Waals surface area (Å²) in [5, 5.41) is 0. The number of hydrogen-bond acceptors (Lipinski definition) is 2. The van der Waals surface area contributed by atoms with Gasteiger partial charge in [-0.3, -0.25) is 4.79 Å². The Morgan fingerprint density at radius 3 is 2.56 bits per heavy atom. The topological polar surface area (TPSA) is 26.3 Å². The third-order valence-electron chi connectivity index (χ3n) is 2.41. The lowest BCUT2D eigenvalue weighted by Crippen LogP contribution is -2.20. The molecule has 0 aromatic heterocycles. The summed E-state index contributed by atoms with van der Waals surface area (Å²) in [6, 6.07) is 4.57.